The third kappa shape index (κ3) is 3.13. The van der Waals surface area contributed by atoms with E-state index in [4.69, 9.17) is 0 Å². The maximum Gasteiger partial charge on any atom is 0.270 e. The van der Waals surface area contributed by atoms with Crippen LogP contribution in [0.2, 0.25) is 0 Å². The van der Waals surface area contributed by atoms with Crippen LogP contribution in [0.25, 0.3) is 17.0 Å². The van der Waals surface area contributed by atoms with Gasteiger partial charge < -0.3 is 5.32 Å². The number of pyridine rings is 1. The first-order valence-corrected chi connectivity index (χ1v) is 8.20. The summed E-state index contributed by atoms with van der Waals surface area (Å²) in [5, 5.41) is 7.50. The smallest absolute Gasteiger partial charge is 0.270 e. The summed E-state index contributed by atoms with van der Waals surface area (Å²) in [5.74, 6) is 0.0616. The number of hydrogen-bond acceptors (Lipinski definition) is 4. The standard InChI is InChI=1S/C18H21N5O/c1-4-8-20-18(24)15-10-16(12(2)3)23-17(21-15)11-14(22-23)13-7-5-6-9-19-13/h5-7,9-12H,4,8H2,1-3H3,(H,20,24). The predicted molar refractivity (Wildman–Crippen MR) is 92.9 cm³/mol. The molecular weight excluding hydrogens is 302 g/mol. The predicted octanol–water partition coefficient (Wildman–Crippen LogP) is 3.05. The number of fused-ring (bicyclic) bond motifs is 1. The number of carbonyl (C=O) groups is 1. The molecule has 3 heterocycles. The van der Waals surface area contributed by atoms with Gasteiger partial charge in [0, 0.05) is 24.5 Å². The van der Waals surface area contributed by atoms with Crippen molar-refractivity contribution < 1.29 is 4.79 Å². The highest BCUT2D eigenvalue weighted by Gasteiger charge is 2.16. The second-order valence-corrected chi connectivity index (χ2v) is 5.99. The highest BCUT2D eigenvalue weighted by molar-refractivity contribution is 5.93. The molecule has 0 fully saturated rings. The van der Waals surface area contributed by atoms with E-state index in [-0.39, 0.29) is 11.8 Å². The van der Waals surface area contributed by atoms with E-state index < -0.39 is 0 Å². The number of carbonyl (C=O) groups excluding carboxylic acids is 1. The maximum absolute atomic E-state index is 12.3. The lowest BCUT2D eigenvalue weighted by Crippen LogP contribution is -2.25. The summed E-state index contributed by atoms with van der Waals surface area (Å²) in [7, 11) is 0. The highest BCUT2D eigenvalue weighted by Crippen LogP contribution is 2.21. The molecule has 3 aromatic rings. The van der Waals surface area contributed by atoms with Gasteiger partial charge in [-0.15, -0.1) is 0 Å². The molecule has 3 rings (SSSR count). The van der Waals surface area contributed by atoms with E-state index in [0.717, 1.165) is 23.5 Å². The molecule has 6 nitrogen and oxygen atoms in total. The topological polar surface area (TPSA) is 72.2 Å². The fraction of sp³-hybridized carbons (Fsp3) is 0.333. The van der Waals surface area contributed by atoms with Crippen LogP contribution < -0.4 is 5.32 Å². The Morgan fingerprint density at radius 1 is 1.25 bits per heavy atom. The Kier molecular flexibility index (Phi) is 4.55. The number of aromatic nitrogens is 4. The number of nitrogens with one attached hydrogen (secondary N) is 1. The zero-order valence-corrected chi connectivity index (χ0v) is 14.2. The van der Waals surface area contributed by atoms with E-state index in [2.05, 4.69) is 34.2 Å². The molecule has 6 heteroatoms. The van der Waals surface area contributed by atoms with Crippen LogP contribution in [0.4, 0.5) is 0 Å². The van der Waals surface area contributed by atoms with Crippen LogP contribution in [-0.4, -0.2) is 32.0 Å². The summed E-state index contributed by atoms with van der Waals surface area (Å²) < 4.78 is 1.80. The Hall–Kier alpha value is -2.76. The molecule has 0 bridgehead atoms. The van der Waals surface area contributed by atoms with Crippen molar-refractivity contribution >= 4 is 11.6 Å². The van der Waals surface area contributed by atoms with Crippen molar-refractivity contribution in [3.8, 4) is 11.4 Å². The van der Waals surface area contributed by atoms with E-state index >= 15 is 0 Å². The van der Waals surface area contributed by atoms with Crippen LogP contribution in [0.15, 0.2) is 36.5 Å². The van der Waals surface area contributed by atoms with Crippen LogP contribution in [-0.2, 0) is 0 Å². The maximum atomic E-state index is 12.3. The number of nitrogens with zero attached hydrogens (tertiary/aromatic N) is 4. The average Bonchev–Trinajstić information content (AvgIpc) is 3.03. The van der Waals surface area contributed by atoms with Crippen molar-refractivity contribution in [2.75, 3.05) is 6.54 Å². The van der Waals surface area contributed by atoms with Gasteiger partial charge in [0.2, 0.25) is 0 Å². The van der Waals surface area contributed by atoms with Gasteiger partial charge in [-0.3, -0.25) is 9.78 Å². The van der Waals surface area contributed by atoms with Gasteiger partial charge >= 0.3 is 0 Å². The summed E-state index contributed by atoms with van der Waals surface area (Å²) >= 11 is 0. The van der Waals surface area contributed by atoms with E-state index in [1.807, 2.05) is 37.3 Å². The molecule has 1 amide bonds. The zero-order chi connectivity index (χ0) is 17.1. The molecule has 0 spiro atoms. The molecule has 0 aliphatic carbocycles. The van der Waals surface area contributed by atoms with Crippen LogP contribution in [0.1, 0.15) is 49.3 Å². The van der Waals surface area contributed by atoms with Crippen LogP contribution in [0.5, 0.6) is 0 Å². The molecule has 0 atom stereocenters. The van der Waals surface area contributed by atoms with Gasteiger partial charge in [-0.1, -0.05) is 26.8 Å². The van der Waals surface area contributed by atoms with Gasteiger partial charge in [-0.25, -0.2) is 9.50 Å². The summed E-state index contributed by atoms with van der Waals surface area (Å²) in [6.07, 6.45) is 2.63. The molecule has 3 aromatic heterocycles. The third-order valence-corrected chi connectivity index (χ3v) is 3.74. The van der Waals surface area contributed by atoms with Gasteiger partial charge in [0.25, 0.3) is 5.91 Å². The van der Waals surface area contributed by atoms with Crippen molar-refractivity contribution in [2.24, 2.45) is 0 Å². The Balaban J connectivity index is 2.10. The highest BCUT2D eigenvalue weighted by atomic mass is 16.1. The first-order valence-electron chi connectivity index (χ1n) is 8.20. The molecular formula is C18H21N5O. The minimum atomic E-state index is -0.151. The molecule has 0 aliphatic heterocycles. The van der Waals surface area contributed by atoms with Crippen molar-refractivity contribution in [1.82, 2.24) is 24.9 Å². The molecule has 1 N–H and O–H groups in total. The Morgan fingerprint density at radius 3 is 2.75 bits per heavy atom. The van der Waals surface area contributed by atoms with E-state index in [1.165, 1.54) is 0 Å². The van der Waals surface area contributed by atoms with Gasteiger partial charge in [-0.05, 0) is 30.5 Å². The second-order valence-electron chi connectivity index (χ2n) is 5.99. The molecule has 0 aromatic carbocycles. The van der Waals surface area contributed by atoms with Gasteiger partial charge in [0.05, 0.1) is 5.69 Å². The van der Waals surface area contributed by atoms with E-state index in [0.29, 0.717) is 17.9 Å². The molecule has 0 unspecified atom stereocenters. The summed E-state index contributed by atoms with van der Waals surface area (Å²) in [4.78, 5) is 21.1. The van der Waals surface area contributed by atoms with Gasteiger partial charge in [-0.2, -0.15) is 5.10 Å². The van der Waals surface area contributed by atoms with Crippen LogP contribution in [0.3, 0.4) is 0 Å². The monoisotopic (exact) mass is 323 g/mol. The zero-order valence-electron chi connectivity index (χ0n) is 14.2. The third-order valence-electron chi connectivity index (χ3n) is 3.74. The normalized spacial score (nSPS) is 11.2. The van der Waals surface area contributed by atoms with Crippen molar-refractivity contribution in [1.29, 1.82) is 0 Å². The lowest BCUT2D eigenvalue weighted by molar-refractivity contribution is 0.0948. The fourth-order valence-electron chi connectivity index (χ4n) is 2.49. The first kappa shape index (κ1) is 16.1. The van der Waals surface area contributed by atoms with Crippen molar-refractivity contribution in [3.63, 3.8) is 0 Å². The quantitative estimate of drug-likeness (QED) is 0.783. The van der Waals surface area contributed by atoms with Crippen molar-refractivity contribution in [2.45, 2.75) is 33.1 Å². The average molecular weight is 323 g/mol. The lowest BCUT2D eigenvalue weighted by Gasteiger charge is -2.10. The molecule has 24 heavy (non-hydrogen) atoms. The summed E-state index contributed by atoms with van der Waals surface area (Å²) in [6, 6.07) is 9.38. The molecule has 124 valence electrons. The number of hydrogen-bond donors (Lipinski definition) is 1. The van der Waals surface area contributed by atoms with E-state index in [9.17, 15) is 4.79 Å². The van der Waals surface area contributed by atoms with E-state index in [1.54, 1.807) is 10.7 Å². The Bertz CT molecular complexity index is 854. The first-order chi connectivity index (χ1) is 11.6. The number of rotatable bonds is 5. The molecule has 0 saturated carbocycles. The second kappa shape index (κ2) is 6.78. The Morgan fingerprint density at radius 2 is 2.08 bits per heavy atom. The lowest BCUT2D eigenvalue weighted by atomic mass is 10.1. The molecule has 0 aliphatic rings. The number of amides is 1. The minimum absolute atomic E-state index is 0.151. The largest absolute Gasteiger partial charge is 0.351 e. The minimum Gasteiger partial charge on any atom is -0.351 e. The molecule has 0 radical (unpaired) electrons. The summed E-state index contributed by atoms with van der Waals surface area (Å²) in [6.45, 7) is 6.81. The molecule has 0 saturated heterocycles. The summed E-state index contributed by atoms with van der Waals surface area (Å²) in [5.41, 5.74) is 3.56. The SMILES string of the molecule is CCCNC(=O)c1cc(C(C)C)n2nc(-c3ccccn3)cc2n1. The van der Waals surface area contributed by atoms with Crippen LogP contribution >= 0.6 is 0 Å². The van der Waals surface area contributed by atoms with Crippen molar-refractivity contribution in [3.05, 3.63) is 47.9 Å². The van der Waals surface area contributed by atoms with Gasteiger partial charge in [0.15, 0.2) is 5.65 Å². The fourth-order valence-corrected chi connectivity index (χ4v) is 2.49. The Labute approximate surface area is 141 Å². The van der Waals surface area contributed by atoms with Gasteiger partial charge in [0.1, 0.15) is 11.4 Å². The van der Waals surface area contributed by atoms with Crippen LogP contribution in [0, 0.1) is 0 Å².